The van der Waals surface area contributed by atoms with Crippen molar-refractivity contribution >= 4 is 34.9 Å². The largest absolute Gasteiger partial charge is 0.430 e. The van der Waals surface area contributed by atoms with Crippen molar-refractivity contribution in [3.8, 4) is 0 Å². The van der Waals surface area contributed by atoms with Crippen LogP contribution in [0, 0.1) is 5.92 Å². The number of rotatable bonds is 3. The first-order chi connectivity index (χ1) is 8.58. The summed E-state index contributed by atoms with van der Waals surface area (Å²) < 4.78 is 4.78. The summed E-state index contributed by atoms with van der Waals surface area (Å²) in [5.41, 5.74) is 0.858. The van der Waals surface area contributed by atoms with Crippen LogP contribution in [-0.4, -0.2) is 17.5 Å². The molecule has 1 aromatic rings. The Hall–Kier alpha value is -2.01. The molecule has 1 aromatic heterocycles. The molecule has 0 amide bonds. The quantitative estimate of drug-likeness (QED) is 0.475. The van der Waals surface area contributed by atoms with Gasteiger partial charge in [0.05, 0.1) is 0 Å². The van der Waals surface area contributed by atoms with Crippen molar-refractivity contribution in [1.29, 1.82) is 0 Å². The highest BCUT2D eigenvalue weighted by Gasteiger charge is 2.36. The molecular weight excluding hydrogens is 252 g/mol. The van der Waals surface area contributed by atoms with Gasteiger partial charge in [-0.2, -0.15) is 11.3 Å². The van der Waals surface area contributed by atoms with E-state index in [9.17, 15) is 14.4 Å². The highest BCUT2D eigenvalue weighted by atomic mass is 32.1. The average Bonchev–Trinajstić information content (AvgIpc) is 2.77. The van der Waals surface area contributed by atoms with E-state index in [0.717, 1.165) is 5.56 Å². The van der Waals surface area contributed by atoms with Gasteiger partial charge < -0.3 is 4.74 Å². The summed E-state index contributed by atoms with van der Waals surface area (Å²) in [6, 6.07) is 1.83. The molecule has 1 aliphatic heterocycles. The molecule has 1 unspecified atom stereocenters. The van der Waals surface area contributed by atoms with Crippen molar-refractivity contribution in [2.45, 2.75) is 6.92 Å². The maximum atomic E-state index is 11.8. The summed E-state index contributed by atoms with van der Waals surface area (Å²) in [6.45, 7) is 1.50. The lowest BCUT2D eigenvalue weighted by Gasteiger charge is -2.15. The molecule has 18 heavy (non-hydrogen) atoms. The molecule has 0 saturated carbocycles. The standard InChI is InChI=1S/C13H10O4S/c1-8-6-11(15)12(13(16)17-8)10(14)3-2-9-4-5-18-7-9/h2-7,12H,1H3. The summed E-state index contributed by atoms with van der Waals surface area (Å²) in [4.78, 5) is 34.9. The molecule has 4 nitrogen and oxygen atoms in total. The van der Waals surface area contributed by atoms with Crippen LogP contribution < -0.4 is 0 Å². The zero-order valence-corrected chi connectivity index (χ0v) is 10.4. The number of hydrogen-bond acceptors (Lipinski definition) is 5. The minimum absolute atomic E-state index is 0.218. The highest BCUT2D eigenvalue weighted by molar-refractivity contribution is 7.08. The van der Waals surface area contributed by atoms with Gasteiger partial charge in [-0.05, 0) is 35.4 Å². The predicted octanol–water partition coefficient (Wildman–Crippen LogP) is 1.98. The Balaban J connectivity index is 2.14. The second-order valence-electron chi connectivity index (χ2n) is 3.80. The SMILES string of the molecule is CC1=CC(=O)C(C(=O)C=Cc2ccsc2)C(=O)O1. The van der Waals surface area contributed by atoms with Crippen LogP contribution >= 0.6 is 11.3 Å². The molecule has 5 heteroatoms. The maximum absolute atomic E-state index is 11.8. The van der Waals surface area contributed by atoms with E-state index in [1.165, 1.54) is 30.4 Å². The van der Waals surface area contributed by atoms with E-state index in [1.54, 1.807) is 6.08 Å². The molecule has 2 heterocycles. The van der Waals surface area contributed by atoms with Gasteiger partial charge in [0.25, 0.3) is 0 Å². The smallest absolute Gasteiger partial charge is 0.329 e. The van der Waals surface area contributed by atoms with Crippen molar-refractivity contribution in [2.24, 2.45) is 5.92 Å². The summed E-state index contributed by atoms with van der Waals surface area (Å²) in [5.74, 6) is -3.02. The van der Waals surface area contributed by atoms with E-state index >= 15 is 0 Å². The van der Waals surface area contributed by atoms with Gasteiger partial charge in [-0.15, -0.1) is 0 Å². The van der Waals surface area contributed by atoms with Gasteiger partial charge in [-0.25, -0.2) is 0 Å². The van der Waals surface area contributed by atoms with E-state index in [0.29, 0.717) is 0 Å². The zero-order valence-electron chi connectivity index (χ0n) is 9.58. The van der Waals surface area contributed by atoms with Crippen molar-refractivity contribution in [2.75, 3.05) is 0 Å². The molecule has 0 N–H and O–H groups in total. The topological polar surface area (TPSA) is 60.4 Å². The summed E-state index contributed by atoms with van der Waals surface area (Å²) >= 11 is 1.50. The van der Waals surface area contributed by atoms with E-state index in [1.807, 2.05) is 16.8 Å². The lowest BCUT2D eigenvalue weighted by molar-refractivity contribution is -0.151. The van der Waals surface area contributed by atoms with Gasteiger partial charge in [0.15, 0.2) is 17.5 Å². The molecule has 92 valence electrons. The molecule has 1 atom stereocenters. The summed E-state index contributed by atoms with van der Waals surface area (Å²) in [5, 5.41) is 3.73. The first-order valence-electron chi connectivity index (χ1n) is 5.26. The molecule has 0 aliphatic carbocycles. The molecule has 0 radical (unpaired) electrons. The summed E-state index contributed by atoms with van der Waals surface area (Å²) in [6.07, 6.45) is 3.98. The zero-order chi connectivity index (χ0) is 13.1. The fourth-order valence-corrected chi connectivity index (χ4v) is 2.18. The van der Waals surface area contributed by atoms with Crippen molar-refractivity contribution in [3.63, 3.8) is 0 Å². The van der Waals surface area contributed by atoms with Crippen molar-refractivity contribution in [1.82, 2.24) is 0 Å². The Morgan fingerprint density at radius 3 is 2.83 bits per heavy atom. The minimum atomic E-state index is -1.36. The number of allylic oxidation sites excluding steroid dienone is 3. The molecule has 1 aliphatic rings. The van der Waals surface area contributed by atoms with Gasteiger partial charge in [-0.3, -0.25) is 14.4 Å². The van der Waals surface area contributed by atoms with Crippen LogP contribution in [0.1, 0.15) is 12.5 Å². The van der Waals surface area contributed by atoms with Crippen LogP contribution in [0.2, 0.25) is 0 Å². The van der Waals surface area contributed by atoms with E-state index in [-0.39, 0.29) is 5.76 Å². The van der Waals surface area contributed by atoms with Gasteiger partial charge in [0, 0.05) is 6.08 Å². The monoisotopic (exact) mass is 262 g/mol. The molecule has 0 bridgehead atoms. The number of esters is 1. The molecule has 2 rings (SSSR count). The number of ether oxygens (including phenoxy) is 1. The van der Waals surface area contributed by atoms with Crippen molar-refractivity contribution in [3.05, 3.63) is 40.3 Å². The number of carbonyl (C=O) groups excluding carboxylic acids is 3. The Bertz CT molecular complexity index is 552. The van der Waals surface area contributed by atoms with E-state index in [2.05, 4.69) is 0 Å². The second-order valence-corrected chi connectivity index (χ2v) is 4.58. The Morgan fingerprint density at radius 2 is 2.22 bits per heavy atom. The Morgan fingerprint density at radius 1 is 1.44 bits per heavy atom. The molecule has 0 saturated heterocycles. The molecule has 0 aromatic carbocycles. The fraction of sp³-hybridized carbons (Fsp3) is 0.154. The van der Waals surface area contributed by atoms with E-state index < -0.39 is 23.5 Å². The summed E-state index contributed by atoms with van der Waals surface area (Å²) in [7, 11) is 0. The van der Waals surface area contributed by atoms with Crippen LogP contribution in [0.5, 0.6) is 0 Å². The molecular formula is C13H10O4S. The van der Waals surface area contributed by atoms with Crippen LogP contribution in [-0.2, 0) is 19.1 Å². The molecule has 0 spiro atoms. The second kappa shape index (κ2) is 5.10. The lowest BCUT2D eigenvalue weighted by Crippen LogP contribution is -2.34. The van der Waals surface area contributed by atoms with Crippen LogP contribution in [0.4, 0.5) is 0 Å². The molecule has 0 fully saturated rings. The Labute approximate surface area is 108 Å². The first-order valence-corrected chi connectivity index (χ1v) is 6.20. The third kappa shape index (κ3) is 2.62. The third-order valence-corrected chi connectivity index (χ3v) is 3.10. The fourth-order valence-electron chi connectivity index (χ4n) is 1.55. The normalized spacial score (nSPS) is 19.8. The van der Waals surface area contributed by atoms with Gasteiger partial charge in [0.2, 0.25) is 0 Å². The predicted molar refractivity (Wildman–Crippen MR) is 66.7 cm³/mol. The van der Waals surface area contributed by atoms with Gasteiger partial charge >= 0.3 is 5.97 Å². The number of cyclic esters (lactones) is 1. The number of ketones is 2. The third-order valence-electron chi connectivity index (χ3n) is 2.40. The van der Waals surface area contributed by atoms with Crippen molar-refractivity contribution < 1.29 is 19.1 Å². The van der Waals surface area contributed by atoms with E-state index in [4.69, 9.17) is 4.74 Å². The number of carbonyl (C=O) groups is 3. The lowest BCUT2D eigenvalue weighted by atomic mass is 9.96. The van der Waals surface area contributed by atoms with Gasteiger partial charge in [-0.1, -0.05) is 6.08 Å². The van der Waals surface area contributed by atoms with Crippen LogP contribution in [0.15, 0.2) is 34.7 Å². The average molecular weight is 262 g/mol. The first kappa shape index (κ1) is 12.4. The minimum Gasteiger partial charge on any atom is -0.430 e. The Kier molecular flexibility index (Phi) is 3.53. The van der Waals surface area contributed by atoms with Crippen LogP contribution in [0.25, 0.3) is 6.08 Å². The highest BCUT2D eigenvalue weighted by Crippen LogP contribution is 2.17. The number of thiophene rings is 1. The van der Waals surface area contributed by atoms with Crippen LogP contribution in [0.3, 0.4) is 0 Å². The maximum Gasteiger partial charge on any atom is 0.329 e. The number of hydrogen-bond donors (Lipinski definition) is 0. The van der Waals surface area contributed by atoms with Gasteiger partial charge in [0.1, 0.15) is 5.76 Å².